The van der Waals surface area contributed by atoms with E-state index in [1.807, 2.05) is 24.3 Å². The van der Waals surface area contributed by atoms with E-state index < -0.39 is 0 Å². The molecular formula is C17H25ClN2O. The first kappa shape index (κ1) is 16.3. The smallest absolute Gasteiger partial charge is 0.221 e. The third-order valence-corrected chi connectivity index (χ3v) is 4.39. The molecule has 21 heavy (non-hydrogen) atoms. The molecule has 1 fully saturated rings. The Labute approximate surface area is 132 Å². The topological polar surface area (TPSA) is 41.1 Å². The third-order valence-electron chi connectivity index (χ3n) is 4.02. The molecule has 1 aromatic rings. The second-order valence-electron chi connectivity index (χ2n) is 5.77. The van der Waals surface area contributed by atoms with Crippen molar-refractivity contribution in [3.63, 3.8) is 0 Å². The molecule has 0 aliphatic heterocycles. The molecule has 0 atom stereocenters. The molecule has 2 N–H and O–H groups in total. The zero-order valence-corrected chi connectivity index (χ0v) is 13.3. The van der Waals surface area contributed by atoms with Crippen molar-refractivity contribution in [3.8, 4) is 0 Å². The minimum atomic E-state index is 0.161. The minimum absolute atomic E-state index is 0.161. The van der Waals surface area contributed by atoms with Gasteiger partial charge in [0.15, 0.2) is 0 Å². The molecule has 0 heterocycles. The normalized spacial score (nSPS) is 16.4. The summed E-state index contributed by atoms with van der Waals surface area (Å²) in [5.74, 6) is 0.161. The van der Waals surface area contributed by atoms with Crippen molar-refractivity contribution in [1.82, 2.24) is 10.6 Å². The van der Waals surface area contributed by atoms with Gasteiger partial charge in [0.05, 0.1) is 0 Å². The Morgan fingerprint density at radius 3 is 2.57 bits per heavy atom. The molecule has 116 valence electrons. The number of hydrogen-bond acceptors (Lipinski definition) is 2. The number of halogens is 1. The Bertz CT molecular complexity index is 442. The number of rotatable bonds is 6. The molecule has 0 unspecified atom stereocenters. The quantitative estimate of drug-likeness (QED) is 0.622. The molecule has 3 nitrogen and oxygen atoms in total. The van der Waals surface area contributed by atoms with Crippen LogP contribution in [0.15, 0.2) is 24.3 Å². The van der Waals surface area contributed by atoms with Gasteiger partial charge in [-0.25, -0.2) is 0 Å². The van der Waals surface area contributed by atoms with Gasteiger partial charge in [0, 0.05) is 30.6 Å². The first-order valence-electron chi connectivity index (χ1n) is 7.99. The molecule has 1 saturated carbocycles. The third kappa shape index (κ3) is 6.06. The average Bonchev–Trinajstić information content (AvgIpc) is 2.74. The predicted molar refractivity (Wildman–Crippen MR) is 87.4 cm³/mol. The van der Waals surface area contributed by atoms with Crippen molar-refractivity contribution < 1.29 is 4.79 Å². The number of nitrogens with one attached hydrogen (secondary N) is 2. The molecule has 1 aliphatic rings. The highest BCUT2D eigenvalue weighted by atomic mass is 35.5. The second kappa shape index (κ2) is 9.06. The van der Waals surface area contributed by atoms with Crippen LogP contribution >= 0.6 is 11.6 Å². The molecule has 1 aromatic carbocycles. The van der Waals surface area contributed by atoms with Crippen LogP contribution in [0.25, 0.3) is 0 Å². The Morgan fingerprint density at radius 2 is 1.86 bits per heavy atom. The lowest BCUT2D eigenvalue weighted by atomic mass is 10.1. The van der Waals surface area contributed by atoms with Crippen LogP contribution in [0.1, 0.15) is 50.5 Å². The van der Waals surface area contributed by atoms with E-state index in [0.717, 1.165) is 23.4 Å². The molecule has 1 aliphatic carbocycles. The average molecular weight is 309 g/mol. The van der Waals surface area contributed by atoms with E-state index in [2.05, 4.69) is 10.6 Å². The van der Waals surface area contributed by atoms with Gasteiger partial charge < -0.3 is 10.6 Å². The first-order chi connectivity index (χ1) is 10.3. The Morgan fingerprint density at radius 1 is 1.14 bits per heavy atom. The number of carbonyl (C=O) groups excluding carboxylic acids is 1. The summed E-state index contributed by atoms with van der Waals surface area (Å²) < 4.78 is 0. The van der Waals surface area contributed by atoms with E-state index in [1.54, 1.807) is 0 Å². The van der Waals surface area contributed by atoms with Crippen molar-refractivity contribution >= 4 is 17.5 Å². The van der Waals surface area contributed by atoms with Crippen molar-refractivity contribution in [2.75, 3.05) is 6.54 Å². The van der Waals surface area contributed by atoms with Crippen LogP contribution in [0.2, 0.25) is 5.02 Å². The Kier molecular flexibility index (Phi) is 7.04. The minimum Gasteiger partial charge on any atom is -0.353 e. The molecule has 2 rings (SSSR count). The largest absolute Gasteiger partial charge is 0.353 e. The van der Waals surface area contributed by atoms with Gasteiger partial charge in [-0.05, 0) is 24.5 Å². The van der Waals surface area contributed by atoms with Crippen LogP contribution in [0.3, 0.4) is 0 Å². The molecule has 0 saturated heterocycles. The van der Waals surface area contributed by atoms with Gasteiger partial charge in [-0.1, -0.05) is 55.5 Å². The summed E-state index contributed by atoms with van der Waals surface area (Å²) in [4.78, 5) is 11.9. The standard InChI is InChI=1S/C17H25ClN2O/c18-16-10-6-5-7-14(16)13-19-12-11-17(21)20-15-8-3-1-2-4-9-15/h5-7,10,15,19H,1-4,8-9,11-13H2,(H,20,21). The van der Waals surface area contributed by atoms with E-state index in [4.69, 9.17) is 11.6 Å². The first-order valence-corrected chi connectivity index (χ1v) is 8.37. The monoisotopic (exact) mass is 308 g/mol. The molecule has 0 spiro atoms. The van der Waals surface area contributed by atoms with Gasteiger partial charge in [0.2, 0.25) is 5.91 Å². The van der Waals surface area contributed by atoms with Crippen molar-refractivity contribution in [1.29, 1.82) is 0 Å². The lowest BCUT2D eigenvalue weighted by Gasteiger charge is -2.16. The van der Waals surface area contributed by atoms with Crippen LogP contribution in [-0.4, -0.2) is 18.5 Å². The Balaban J connectivity index is 1.62. The number of benzene rings is 1. The summed E-state index contributed by atoms with van der Waals surface area (Å²) in [7, 11) is 0. The van der Waals surface area contributed by atoms with Crippen molar-refractivity contribution in [2.45, 2.75) is 57.5 Å². The summed E-state index contributed by atoms with van der Waals surface area (Å²) in [5, 5.41) is 7.21. The maximum atomic E-state index is 11.9. The summed E-state index contributed by atoms with van der Waals surface area (Å²) in [5.41, 5.74) is 1.07. The molecular weight excluding hydrogens is 284 g/mol. The van der Waals surface area contributed by atoms with E-state index in [1.165, 1.54) is 25.7 Å². The van der Waals surface area contributed by atoms with Crippen LogP contribution in [-0.2, 0) is 11.3 Å². The molecule has 4 heteroatoms. The van der Waals surface area contributed by atoms with Crippen LogP contribution in [0.4, 0.5) is 0 Å². The second-order valence-corrected chi connectivity index (χ2v) is 6.18. The number of amides is 1. The van der Waals surface area contributed by atoms with Crippen molar-refractivity contribution in [2.24, 2.45) is 0 Å². The van der Waals surface area contributed by atoms with Gasteiger partial charge in [-0.15, -0.1) is 0 Å². The fourth-order valence-corrected chi connectivity index (χ4v) is 2.99. The maximum absolute atomic E-state index is 11.9. The van der Waals surface area contributed by atoms with E-state index in [-0.39, 0.29) is 5.91 Å². The lowest BCUT2D eigenvalue weighted by molar-refractivity contribution is -0.121. The summed E-state index contributed by atoms with van der Waals surface area (Å²) in [6.07, 6.45) is 7.92. The van der Waals surface area contributed by atoms with E-state index in [9.17, 15) is 4.79 Å². The van der Waals surface area contributed by atoms with E-state index >= 15 is 0 Å². The van der Waals surface area contributed by atoms with Crippen LogP contribution in [0.5, 0.6) is 0 Å². The van der Waals surface area contributed by atoms with Crippen molar-refractivity contribution in [3.05, 3.63) is 34.9 Å². The lowest BCUT2D eigenvalue weighted by Crippen LogP contribution is -2.36. The molecule has 0 bridgehead atoms. The SMILES string of the molecule is O=C(CCNCc1ccccc1Cl)NC1CCCCCC1. The maximum Gasteiger partial charge on any atom is 0.221 e. The summed E-state index contributed by atoms with van der Waals surface area (Å²) in [6, 6.07) is 8.18. The van der Waals surface area contributed by atoms with Gasteiger partial charge in [-0.2, -0.15) is 0 Å². The van der Waals surface area contributed by atoms with Gasteiger partial charge >= 0.3 is 0 Å². The fourth-order valence-electron chi connectivity index (χ4n) is 2.79. The molecule has 0 radical (unpaired) electrons. The van der Waals surface area contributed by atoms with Crippen LogP contribution in [0, 0.1) is 0 Å². The molecule has 0 aromatic heterocycles. The predicted octanol–water partition coefficient (Wildman–Crippen LogP) is 3.66. The van der Waals surface area contributed by atoms with Gasteiger partial charge in [0.25, 0.3) is 0 Å². The van der Waals surface area contributed by atoms with Crippen LogP contribution < -0.4 is 10.6 Å². The zero-order valence-electron chi connectivity index (χ0n) is 12.5. The number of hydrogen-bond donors (Lipinski definition) is 2. The summed E-state index contributed by atoms with van der Waals surface area (Å²) in [6.45, 7) is 1.39. The highest BCUT2D eigenvalue weighted by Gasteiger charge is 2.14. The van der Waals surface area contributed by atoms with Gasteiger partial charge in [-0.3, -0.25) is 4.79 Å². The highest BCUT2D eigenvalue weighted by Crippen LogP contribution is 2.17. The molecule has 1 amide bonds. The number of carbonyl (C=O) groups is 1. The Hall–Kier alpha value is -1.06. The highest BCUT2D eigenvalue weighted by molar-refractivity contribution is 6.31. The van der Waals surface area contributed by atoms with Gasteiger partial charge in [0.1, 0.15) is 0 Å². The fraction of sp³-hybridized carbons (Fsp3) is 0.588. The summed E-state index contributed by atoms with van der Waals surface area (Å²) >= 11 is 6.09. The zero-order chi connectivity index (χ0) is 14.9. The van der Waals surface area contributed by atoms with E-state index in [0.29, 0.717) is 25.6 Å².